The van der Waals surface area contributed by atoms with E-state index in [0.29, 0.717) is 6.42 Å². The Labute approximate surface area is 53.9 Å². The molecule has 0 aliphatic rings. The van der Waals surface area contributed by atoms with Gasteiger partial charge in [0.15, 0.2) is 11.4 Å². The van der Waals surface area contributed by atoms with Crippen LogP contribution in [-0.2, 0) is 4.84 Å². The Balaban J connectivity index is 3.51. The summed E-state index contributed by atoms with van der Waals surface area (Å²) in [6.07, 6.45) is 3.38. The van der Waals surface area contributed by atoms with Crippen LogP contribution in [0.1, 0.15) is 6.42 Å². The summed E-state index contributed by atoms with van der Waals surface area (Å²) in [5.74, 6) is 0. The average molecular weight is 127 g/mol. The number of rotatable bonds is 5. The van der Waals surface area contributed by atoms with Crippen LogP contribution in [-0.4, -0.2) is 6.10 Å². The van der Waals surface area contributed by atoms with Crippen molar-refractivity contribution in [3.05, 3.63) is 30.2 Å². The fourth-order valence-corrected chi connectivity index (χ4v) is 0.402. The quantitative estimate of drug-likeness (QED) is 0.321. The second-order valence-corrected chi connectivity index (χ2v) is 1.48. The van der Waals surface area contributed by atoms with E-state index in [0.717, 1.165) is 0 Å². The summed E-state index contributed by atoms with van der Waals surface area (Å²) in [4.78, 5) is 13.8. The fourth-order valence-electron chi connectivity index (χ4n) is 0.402. The summed E-state index contributed by atoms with van der Waals surface area (Å²) in [7, 11) is 0. The highest BCUT2D eigenvalue weighted by atomic mass is 16.7. The summed E-state index contributed by atoms with van der Waals surface area (Å²) in [6, 6.07) is 0. The van der Waals surface area contributed by atoms with E-state index in [9.17, 15) is 4.91 Å². The minimum atomic E-state index is -0.319. The van der Waals surface area contributed by atoms with Crippen LogP contribution in [0.3, 0.4) is 0 Å². The van der Waals surface area contributed by atoms with E-state index < -0.39 is 0 Å². The van der Waals surface area contributed by atoms with Gasteiger partial charge in [0.1, 0.15) is 0 Å². The molecule has 0 saturated carbocycles. The minimum absolute atomic E-state index is 0.319. The van der Waals surface area contributed by atoms with Crippen molar-refractivity contribution in [2.75, 3.05) is 0 Å². The van der Waals surface area contributed by atoms with Crippen LogP contribution in [0.25, 0.3) is 0 Å². The van der Waals surface area contributed by atoms with Gasteiger partial charge in [0.2, 0.25) is 0 Å². The maximum Gasteiger partial charge on any atom is 0.155 e. The molecule has 50 valence electrons. The molecule has 0 aliphatic carbocycles. The SMILES string of the molecule is C=CCC(C=C)ON=O. The lowest BCUT2D eigenvalue weighted by Crippen LogP contribution is -2.02. The van der Waals surface area contributed by atoms with E-state index >= 15 is 0 Å². The van der Waals surface area contributed by atoms with Crippen molar-refractivity contribution in [2.45, 2.75) is 12.5 Å². The van der Waals surface area contributed by atoms with E-state index in [-0.39, 0.29) is 6.10 Å². The first-order valence-electron chi connectivity index (χ1n) is 2.57. The zero-order chi connectivity index (χ0) is 7.11. The third kappa shape index (κ3) is 3.46. The molecule has 0 rings (SSSR count). The average Bonchev–Trinajstić information content (AvgIpc) is 1.88. The van der Waals surface area contributed by atoms with Crippen molar-refractivity contribution in [1.29, 1.82) is 0 Å². The van der Waals surface area contributed by atoms with E-state index in [4.69, 9.17) is 0 Å². The molecule has 3 nitrogen and oxygen atoms in total. The molecule has 1 atom stereocenters. The number of nitrogens with zero attached hydrogens (tertiary/aromatic N) is 1. The Morgan fingerprint density at radius 2 is 2.33 bits per heavy atom. The van der Waals surface area contributed by atoms with Crippen molar-refractivity contribution in [3.8, 4) is 0 Å². The summed E-state index contributed by atoms with van der Waals surface area (Å²) >= 11 is 0. The molecule has 0 N–H and O–H groups in total. The molecule has 0 aliphatic heterocycles. The van der Waals surface area contributed by atoms with Crippen LogP contribution in [0.15, 0.2) is 30.7 Å². The fraction of sp³-hybridized carbons (Fsp3) is 0.333. The highest BCUT2D eigenvalue weighted by molar-refractivity contribution is 4.85. The lowest BCUT2D eigenvalue weighted by atomic mass is 10.2. The first-order chi connectivity index (χ1) is 4.35. The van der Waals surface area contributed by atoms with E-state index in [1.165, 1.54) is 6.08 Å². The van der Waals surface area contributed by atoms with Crippen molar-refractivity contribution in [2.24, 2.45) is 5.34 Å². The van der Waals surface area contributed by atoms with Gasteiger partial charge in [-0.3, -0.25) is 0 Å². The maximum atomic E-state index is 9.49. The Morgan fingerprint density at radius 3 is 2.67 bits per heavy atom. The number of hydrogen-bond donors (Lipinski definition) is 0. The molecule has 1 unspecified atom stereocenters. The van der Waals surface area contributed by atoms with Crippen molar-refractivity contribution in [1.82, 2.24) is 0 Å². The molecule has 3 heteroatoms. The van der Waals surface area contributed by atoms with Gasteiger partial charge in [0, 0.05) is 6.42 Å². The second-order valence-electron chi connectivity index (χ2n) is 1.48. The van der Waals surface area contributed by atoms with Crippen molar-refractivity contribution in [3.63, 3.8) is 0 Å². The van der Waals surface area contributed by atoms with E-state index in [1.54, 1.807) is 6.08 Å². The number of hydrogen-bond acceptors (Lipinski definition) is 3. The van der Waals surface area contributed by atoms with Crippen LogP contribution in [0.4, 0.5) is 0 Å². The predicted molar refractivity (Wildman–Crippen MR) is 35.7 cm³/mol. The highest BCUT2D eigenvalue weighted by Gasteiger charge is 1.99. The van der Waals surface area contributed by atoms with Crippen LogP contribution in [0, 0.1) is 4.91 Å². The van der Waals surface area contributed by atoms with Gasteiger partial charge in [-0.2, -0.15) is 0 Å². The summed E-state index contributed by atoms with van der Waals surface area (Å²) in [6.45, 7) is 6.89. The van der Waals surface area contributed by atoms with E-state index in [2.05, 4.69) is 23.3 Å². The summed E-state index contributed by atoms with van der Waals surface area (Å²) in [5.41, 5.74) is 0. The lowest BCUT2D eigenvalue weighted by Gasteiger charge is -2.02. The van der Waals surface area contributed by atoms with Crippen molar-refractivity contribution >= 4 is 0 Å². The van der Waals surface area contributed by atoms with Crippen LogP contribution >= 0.6 is 0 Å². The Bertz CT molecular complexity index is 102. The molecule has 0 amide bonds. The van der Waals surface area contributed by atoms with Gasteiger partial charge in [0.25, 0.3) is 0 Å². The third-order valence-electron chi connectivity index (χ3n) is 0.840. The second kappa shape index (κ2) is 5.03. The first-order valence-corrected chi connectivity index (χ1v) is 2.57. The summed E-state index contributed by atoms with van der Waals surface area (Å²) in [5, 5.41) is 2.26. The molecule has 0 fully saturated rings. The molecular weight excluding hydrogens is 118 g/mol. The van der Waals surface area contributed by atoms with Gasteiger partial charge in [-0.15, -0.1) is 11.5 Å². The Kier molecular flexibility index (Phi) is 4.40. The topological polar surface area (TPSA) is 38.7 Å². The standard InChI is InChI=1S/C6H9NO2/c1-3-5-6(4-2)9-7-8/h3-4,6H,1-2,5H2. The molecule has 0 bridgehead atoms. The largest absolute Gasteiger partial charge is 0.356 e. The lowest BCUT2D eigenvalue weighted by molar-refractivity contribution is 0.0908. The summed E-state index contributed by atoms with van der Waals surface area (Å²) < 4.78 is 0. The van der Waals surface area contributed by atoms with Gasteiger partial charge in [0.05, 0.1) is 0 Å². The first kappa shape index (κ1) is 7.88. The predicted octanol–water partition coefficient (Wildman–Crippen LogP) is 1.82. The van der Waals surface area contributed by atoms with Gasteiger partial charge < -0.3 is 4.84 Å². The van der Waals surface area contributed by atoms with Gasteiger partial charge in [-0.05, 0) is 6.08 Å². The Morgan fingerprint density at radius 1 is 1.67 bits per heavy atom. The van der Waals surface area contributed by atoms with Crippen LogP contribution in [0.2, 0.25) is 0 Å². The molecule has 0 aromatic heterocycles. The molecule has 0 spiro atoms. The van der Waals surface area contributed by atoms with Gasteiger partial charge in [-0.25, -0.2) is 0 Å². The monoisotopic (exact) mass is 127 g/mol. The molecular formula is C6H9NO2. The smallest absolute Gasteiger partial charge is 0.155 e. The van der Waals surface area contributed by atoms with Gasteiger partial charge in [-0.1, -0.05) is 12.7 Å². The van der Waals surface area contributed by atoms with Gasteiger partial charge >= 0.3 is 0 Å². The van der Waals surface area contributed by atoms with Crippen LogP contribution in [0.5, 0.6) is 0 Å². The third-order valence-corrected chi connectivity index (χ3v) is 0.840. The Hall–Kier alpha value is -1.12. The highest BCUT2D eigenvalue weighted by Crippen LogP contribution is 1.99. The minimum Gasteiger partial charge on any atom is -0.356 e. The zero-order valence-electron chi connectivity index (χ0n) is 5.12. The molecule has 0 aromatic rings. The maximum absolute atomic E-state index is 9.49. The molecule has 0 radical (unpaired) electrons. The molecule has 0 saturated heterocycles. The van der Waals surface area contributed by atoms with E-state index in [1.807, 2.05) is 0 Å². The molecule has 9 heavy (non-hydrogen) atoms. The van der Waals surface area contributed by atoms with Crippen molar-refractivity contribution < 1.29 is 4.84 Å². The van der Waals surface area contributed by atoms with Crippen LogP contribution < -0.4 is 0 Å². The zero-order valence-corrected chi connectivity index (χ0v) is 5.12. The molecule has 0 aromatic carbocycles. The normalized spacial score (nSPS) is 11.6. The molecule has 0 heterocycles.